The smallest absolute Gasteiger partial charge is 0.249 e. The van der Waals surface area contributed by atoms with Crippen LogP contribution in [0.3, 0.4) is 0 Å². The highest BCUT2D eigenvalue weighted by molar-refractivity contribution is 7.89. The molecule has 144 valence electrons. The first-order chi connectivity index (χ1) is 12.9. The average Bonchev–Trinajstić information content (AvgIpc) is 3.09. The number of sulfonamides is 1. The topological polar surface area (TPSA) is 60.3 Å². The molecular formula is C18H19F2N2O4S+. The Hall–Kier alpha value is -2.23. The molecule has 0 spiro atoms. The van der Waals surface area contributed by atoms with E-state index in [1.807, 2.05) is 18.2 Å². The van der Waals surface area contributed by atoms with Gasteiger partial charge in [0.2, 0.25) is 16.8 Å². The van der Waals surface area contributed by atoms with Crippen molar-refractivity contribution in [3.05, 3.63) is 53.6 Å². The zero-order chi connectivity index (χ0) is 19.0. The molecule has 2 aromatic carbocycles. The summed E-state index contributed by atoms with van der Waals surface area (Å²) < 4.78 is 64.9. The van der Waals surface area contributed by atoms with Crippen LogP contribution in [0.15, 0.2) is 41.3 Å². The van der Waals surface area contributed by atoms with Crippen LogP contribution in [0.25, 0.3) is 0 Å². The second kappa shape index (κ2) is 7.06. The average molecular weight is 397 g/mol. The van der Waals surface area contributed by atoms with E-state index in [0.29, 0.717) is 25.4 Å². The highest BCUT2D eigenvalue weighted by Gasteiger charge is 2.34. The van der Waals surface area contributed by atoms with Crippen LogP contribution < -0.4 is 14.4 Å². The standard InChI is InChI=1S/C18H18F2N2O4S/c19-14-2-1-3-15(20)18(14)27(23,24)22-8-6-21(7-9-22)11-13-4-5-16-17(10-13)26-12-25-16/h1-5,10H,6-9,11-12H2/p+1. The lowest BCUT2D eigenvalue weighted by molar-refractivity contribution is -0.917. The SMILES string of the molecule is O=S(=O)(c1c(F)cccc1F)N1CC[NH+](Cc2ccc3c(c2)OCO3)CC1. The number of hydrogen-bond donors (Lipinski definition) is 1. The highest BCUT2D eigenvalue weighted by atomic mass is 32.2. The second-order valence-electron chi connectivity index (χ2n) is 6.57. The lowest BCUT2D eigenvalue weighted by Gasteiger charge is -2.31. The summed E-state index contributed by atoms with van der Waals surface area (Å²) in [4.78, 5) is 0.318. The van der Waals surface area contributed by atoms with Crippen molar-refractivity contribution in [1.82, 2.24) is 4.31 Å². The van der Waals surface area contributed by atoms with Crippen LogP contribution in [0.5, 0.6) is 11.5 Å². The molecule has 1 fully saturated rings. The summed E-state index contributed by atoms with van der Waals surface area (Å²) in [5, 5.41) is 0. The molecule has 1 saturated heterocycles. The zero-order valence-corrected chi connectivity index (χ0v) is 15.3. The van der Waals surface area contributed by atoms with Crippen molar-refractivity contribution < 1.29 is 31.6 Å². The second-order valence-corrected chi connectivity index (χ2v) is 8.44. The summed E-state index contributed by atoms with van der Waals surface area (Å²) in [6.45, 7) is 2.42. The Balaban J connectivity index is 1.43. The lowest BCUT2D eigenvalue weighted by atomic mass is 10.2. The summed E-state index contributed by atoms with van der Waals surface area (Å²) in [5.74, 6) is -0.699. The highest BCUT2D eigenvalue weighted by Crippen LogP contribution is 2.32. The maximum Gasteiger partial charge on any atom is 0.249 e. The summed E-state index contributed by atoms with van der Waals surface area (Å²) in [6.07, 6.45) is 0. The number of benzene rings is 2. The van der Waals surface area contributed by atoms with Crippen molar-refractivity contribution in [2.24, 2.45) is 0 Å². The minimum atomic E-state index is -4.19. The van der Waals surface area contributed by atoms with Crippen LogP contribution in [0.2, 0.25) is 0 Å². The number of quaternary nitrogens is 1. The third-order valence-corrected chi connectivity index (χ3v) is 6.79. The molecular weight excluding hydrogens is 378 g/mol. The molecule has 6 nitrogen and oxygen atoms in total. The molecule has 9 heteroatoms. The molecule has 0 atom stereocenters. The van der Waals surface area contributed by atoms with Crippen molar-refractivity contribution in [3.8, 4) is 11.5 Å². The molecule has 2 aliphatic rings. The van der Waals surface area contributed by atoms with Crippen LogP contribution in [0.1, 0.15) is 5.56 Å². The number of ether oxygens (including phenoxy) is 2. The van der Waals surface area contributed by atoms with Crippen LogP contribution in [-0.2, 0) is 16.6 Å². The van der Waals surface area contributed by atoms with Gasteiger partial charge in [0.15, 0.2) is 16.4 Å². The van der Waals surface area contributed by atoms with Gasteiger partial charge in [0.25, 0.3) is 0 Å². The largest absolute Gasteiger partial charge is 0.454 e. The van der Waals surface area contributed by atoms with E-state index in [1.165, 1.54) is 4.90 Å². The molecule has 1 N–H and O–H groups in total. The zero-order valence-electron chi connectivity index (χ0n) is 14.5. The van der Waals surface area contributed by atoms with Gasteiger partial charge in [-0.05, 0) is 30.3 Å². The van der Waals surface area contributed by atoms with E-state index in [-0.39, 0.29) is 19.9 Å². The van der Waals surface area contributed by atoms with E-state index in [2.05, 4.69) is 0 Å². The first kappa shape index (κ1) is 18.1. The van der Waals surface area contributed by atoms with Crippen LogP contribution in [0, 0.1) is 11.6 Å². The Morgan fingerprint density at radius 1 is 1.00 bits per heavy atom. The van der Waals surface area contributed by atoms with Crippen LogP contribution >= 0.6 is 0 Å². The Morgan fingerprint density at radius 2 is 1.67 bits per heavy atom. The number of nitrogens with one attached hydrogen (secondary N) is 1. The van der Waals surface area contributed by atoms with Crippen LogP contribution in [0.4, 0.5) is 8.78 Å². The van der Waals surface area contributed by atoms with Gasteiger partial charge in [0.1, 0.15) is 18.2 Å². The minimum absolute atomic E-state index is 0.204. The van der Waals surface area contributed by atoms with Gasteiger partial charge in [0.05, 0.1) is 26.2 Å². The molecule has 2 aromatic rings. The predicted octanol–water partition coefficient (Wildman–Crippen LogP) is 0.783. The number of hydrogen-bond acceptors (Lipinski definition) is 4. The summed E-state index contributed by atoms with van der Waals surface area (Å²) in [7, 11) is -4.19. The maximum atomic E-state index is 13.9. The molecule has 0 amide bonds. The van der Waals surface area contributed by atoms with Gasteiger partial charge >= 0.3 is 0 Å². The molecule has 0 radical (unpaired) electrons. The van der Waals surface area contributed by atoms with Crippen molar-refractivity contribution >= 4 is 10.0 Å². The fourth-order valence-electron chi connectivity index (χ4n) is 3.42. The van der Waals surface area contributed by atoms with Gasteiger partial charge in [-0.25, -0.2) is 17.2 Å². The Kier molecular flexibility index (Phi) is 4.75. The van der Waals surface area contributed by atoms with Crippen molar-refractivity contribution in [2.45, 2.75) is 11.4 Å². The van der Waals surface area contributed by atoms with Gasteiger partial charge in [0, 0.05) is 5.56 Å². The summed E-state index contributed by atoms with van der Waals surface area (Å²) >= 11 is 0. The van der Waals surface area contributed by atoms with Crippen molar-refractivity contribution in [2.75, 3.05) is 33.0 Å². The number of fused-ring (bicyclic) bond motifs is 1. The van der Waals surface area contributed by atoms with E-state index < -0.39 is 26.6 Å². The predicted molar refractivity (Wildman–Crippen MR) is 92.1 cm³/mol. The third kappa shape index (κ3) is 3.50. The fraction of sp³-hybridized carbons (Fsp3) is 0.333. The third-order valence-electron chi connectivity index (χ3n) is 4.84. The number of nitrogens with zero attached hydrogens (tertiary/aromatic N) is 1. The molecule has 2 heterocycles. The molecule has 4 rings (SSSR count). The van der Waals surface area contributed by atoms with Gasteiger partial charge in [-0.2, -0.15) is 4.31 Å². The van der Waals surface area contributed by atoms with Gasteiger partial charge < -0.3 is 14.4 Å². The van der Waals surface area contributed by atoms with Crippen molar-refractivity contribution in [1.29, 1.82) is 0 Å². The van der Waals surface area contributed by atoms with Gasteiger partial charge in [-0.1, -0.05) is 6.07 Å². The monoisotopic (exact) mass is 397 g/mol. The Morgan fingerprint density at radius 3 is 2.37 bits per heavy atom. The number of rotatable bonds is 4. The number of piperazine rings is 1. The molecule has 0 unspecified atom stereocenters. The summed E-state index contributed by atoms with van der Waals surface area (Å²) in [6, 6.07) is 8.80. The first-order valence-corrected chi connectivity index (χ1v) is 10.1. The molecule has 0 aromatic heterocycles. The normalized spacial score (nSPS) is 18.0. The quantitative estimate of drug-likeness (QED) is 0.829. The Bertz CT molecular complexity index is 940. The van der Waals surface area contributed by atoms with Crippen LogP contribution in [-0.4, -0.2) is 45.7 Å². The maximum absolute atomic E-state index is 13.9. The fourth-order valence-corrected chi connectivity index (χ4v) is 4.97. The van der Waals surface area contributed by atoms with E-state index in [1.54, 1.807) is 0 Å². The Labute approximate surface area is 156 Å². The lowest BCUT2D eigenvalue weighted by Crippen LogP contribution is -3.13. The van der Waals surface area contributed by atoms with Gasteiger partial charge in [-0.3, -0.25) is 0 Å². The number of halogens is 2. The van der Waals surface area contributed by atoms with E-state index in [4.69, 9.17) is 9.47 Å². The molecule has 0 saturated carbocycles. The molecule has 27 heavy (non-hydrogen) atoms. The van der Waals surface area contributed by atoms with E-state index in [0.717, 1.165) is 33.8 Å². The molecule has 0 bridgehead atoms. The van der Waals surface area contributed by atoms with Crippen molar-refractivity contribution in [3.63, 3.8) is 0 Å². The first-order valence-electron chi connectivity index (χ1n) is 8.61. The molecule has 0 aliphatic carbocycles. The minimum Gasteiger partial charge on any atom is -0.454 e. The van der Waals surface area contributed by atoms with Gasteiger partial charge in [-0.15, -0.1) is 0 Å². The van der Waals surface area contributed by atoms with E-state index in [9.17, 15) is 17.2 Å². The summed E-state index contributed by atoms with van der Waals surface area (Å²) in [5.41, 5.74) is 1.06. The van der Waals surface area contributed by atoms with E-state index >= 15 is 0 Å². The molecule has 2 aliphatic heterocycles.